The summed E-state index contributed by atoms with van der Waals surface area (Å²) in [6.07, 6.45) is 1.58. The number of ether oxygens (including phenoxy) is 3. The molecule has 0 aliphatic carbocycles. The summed E-state index contributed by atoms with van der Waals surface area (Å²) in [6.45, 7) is 1.45. The van der Waals surface area contributed by atoms with Gasteiger partial charge in [-0.1, -0.05) is 0 Å². The Morgan fingerprint density at radius 3 is 2.48 bits per heavy atom. The Labute approximate surface area is 162 Å². The van der Waals surface area contributed by atoms with E-state index < -0.39 is 23.2 Å². The van der Waals surface area contributed by atoms with Gasteiger partial charge >= 0.3 is 5.97 Å². The van der Waals surface area contributed by atoms with Gasteiger partial charge in [-0.15, -0.1) is 0 Å². The van der Waals surface area contributed by atoms with Gasteiger partial charge in [0.25, 0.3) is 11.1 Å². The summed E-state index contributed by atoms with van der Waals surface area (Å²) in [4.78, 5) is 37.4. The topological polar surface area (TPSA) is 82.1 Å². The van der Waals surface area contributed by atoms with Gasteiger partial charge in [0, 0.05) is 0 Å². The number of imide groups is 1. The Kier molecular flexibility index (Phi) is 6.33. The Hall–Kier alpha value is -1.75. The second-order valence-corrected chi connectivity index (χ2v) is 7.14. The highest BCUT2D eigenvalue weighted by Gasteiger charge is 2.41. The number of halogens is 1. The third-order valence-electron chi connectivity index (χ3n) is 3.51. The first-order valence-corrected chi connectivity index (χ1v) is 9.00. The third-order valence-corrected chi connectivity index (χ3v) is 5.19. The molecular formula is C16H16INO6S. The molecule has 1 aromatic rings. The molecule has 1 atom stereocenters. The summed E-state index contributed by atoms with van der Waals surface area (Å²) in [5.41, 5.74) is 0.679. The standard InChI is InChI=1S/C16H16INO6S/c1-8(15(20)24-4)18-14(19)12(25-16(18)21)7-9-5-10(17)13(23-3)11(6-9)22-2/h5-8H,1-4H3/b12-7-/t8-/m0/s1. The van der Waals surface area contributed by atoms with Crippen LogP contribution in [0.2, 0.25) is 0 Å². The molecule has 1 aliphatic heterocycles. The van der Waals surface area contributed by atoms with Crippen molar-refractivity contribution >= 4 is 57.5 Å². The fourth-order valence-electron chi connectivity index (χ4n) is 2.26. The number of amides is 2. The molecule has 0 radical (unpaired) electrons. The van der Waals surface area contributed by atoms with E-state index in [1.165, 1.54) is 21.1 Å². The van der Waals surface area contributed by atoms with Crippen LogP contribution in [0.15, 0.2) is 17.0 Å². The van der Waals surface area contributed by atoms with Gasteiger partial charge in [-0.25, -0.2) is 4.79 Å². The molecule has 0 spiro atoms. The van der Waals surface area contributed by atoms with Crippen LogP contribution < -0.4 is 9.47 Å². The number of rotatable bonds is 5. The van der Waals surface area contributed by atoms with E-state index in [1.54, 1.807) is 25.3 Å². The summed E-state index contributed by atoms with van der Waals surface area (Å²) in [7, 11) is 4.27. The quantitative estimate of drug-likeness (QED) is 0.367. The van der Waals surface area contributed by atoms with Gasteiger partial charge in [-0.2, -0.15) is 0 Å². The SMILES string of the molecule is COC(=O)[C@H](C)N1C(=O)S/C(=C\c2cc(I)c(OC)c(OC)c2)C1=O. The summed E-state index contributed by atoms with van der Waals surface area (Å²) in [5, 5.41) is -0.510. The number of benzene rings is 1. The van der Waals surface area contributed by atoms with Crippen LogP contribution >= 0.6 is 34.4 Å². The molecule has 2 rings (SSSR count). The normalized spacial score (nSPS) is 17.0. The number of carbonyl (C=O) groups excluding carboxylic acids is 3. The fraction of sp³-hybridized carbons (Fsp3) is 0.312. The van der Waals surface area contributed by atoms with Crippen molar-refractivity contribution in [2.45, 2.75) is 13.0 Å². The number of hydrogen-bond donors (Lipinski definition) is 0. The molecule has 0 bridgehead atoms. The van der Waals surface area contributed by atoms with E-state index in [0.29, 0.717) is 17.1 Å². The lowest BCUT2D eigenvalue weighted by molar-refractivity contribution is -0.148. The minimum Gasteiger partial charge on any atom is -0.493 e. The molecule has 134 valence electrons. The van der Waals surface area contributed by atoms with Crippen molar-refractivity contribution in [2.24, 2.45) is 0 Å². The van der Waals surface area contributed by atoms with E-state index >= 15 is 0 Å². The summed E-state index contributed by atoms with van der Waals surface area (Å²) in [6, 6.07) is 2.53. The first-order chi connectivity index (χ1) is 11.8. The minimum atomic E-state index is -0.978. The fourth-order valence-corrected chi connectivity index (χ4v) is 4.02. The van der Waals surface area contributed by atoms with E-state index in [2.05, 4.69) is 27.3 Å². The average Bonchev–Trinajstić information content (AvgIpc) is 2.86. The zero-order valence-corrected chi connectivity index (χ0v) is 17.0. The number of esters is 1. The Balaban J connectivity index is 2.37. The van der Waals surface area contributed by atoms with Crippen molar-refractivity contribution in [1.82, 2.24) is 4.90 Å². The van der Waals surface area contributed by atoms with Gasteiger partial charge in [-0.3, -0.25) is 14.5 Å². The number of thioether (sulfide) groups is 1. The molecule has 1 heterocycles. The van der Waals surface area contributed by atoms with Crippen molar-refractivity contribution < 1.29 is 28.6 Å². The van der Waals surface area contributed by atoms with Crippen LogP contribution in [-0.2, 0) is 14.3 Å². The Morgan fingerprint density at radius 2 is 1.92 bits per heavy atom. The van der Waals surface area contributed by atoms with Crippen molar-refractivity contribution in [3.05, 3.63) is 26.2 Å². The van der Waals surface area contributed by atoms with Crippen molar-refractivity contribution in [3.63, 3.8) is 0 Å². The Bertz CT molecular complexity index is 763. The van der Waals surface area contributed by atoms with Crippen molar-refractivity contribution in [1.29, 1.82) is 0 Å². The van der Waals surface area contributed by atoms with Crippen molar-refractivity contribution in [2.75, 3.05) is 21.3 Å². The van der Waals surface area contributed by atoms with Crippen LogP contribution in [0.25, 0.3) is 6.08 Å². The maximum atomic E-state index is 12.5. The predicted octanol–water partition coefficient (Wildman–Crippen LogP) is 2.91. The number of hydrogen-bond acceptors (Lipinski definition) is 7. The van der Waals surface area contributed by atoms with Crippen LogP contribution in [0.4, 0.5) is 4.79 Å². The maximum absolute atomic E-state index is 12.5. The van der Waals surface area contributed by atoms with E-state index in [0.717, 1.165) is 20.2 Å². The van der Waals surface area contributed by atoms with E-state index in [-0.39, 0.29) is 4.91 Å². The third kappa shape index (κ3) is 3.92. The lowest BCUT2D eigenvalue weighted by Crippen LogP contribution is -2.42. The second kappa shape index (κ2) is 8.09. The molecular weight excluding hydrogens is 461 g/mol. The molecule has 1 fully saturated rings. The molecule has 1 aromatic carbocycles. The highest BCUT2D eigenvalue weighted by molar-refractivity contribution is 14.1. The lowest BCUT2D eigenvalue weighted by Gasteiger charge is -2.18. The van der Waals surface area contributed by atoms with Gasteiger partial charge < -0.3 is 14.2 Å². The molecule has 0 N–H and O–H groups in total. The molecule has 0 saturated carbocycles. The summed E-state index contributed by atoms with van der Waals surface area (Å²) >= 11 is 2.87. The van der Waals surface area contributed by atoms with Crippen LogP contribution in [0.3, 0.4) is 0 Å². The smallest absolute Gasteiger partial charge is 0.328 e. The highest BCUT2D eigenvalue weighted by Crippen LogP contribution is 2.37. The van der Waals surface area contributed by atoms with Crippen LogP contribution in [-0.4, -0.2) is 49.4 Å². The van der Waals surface area contributed by atoms with Gasteiger partial charge in [0.15, 0.2) is 11.5 Å². The first-order valence-electron chi connectivity index (χ1n) is 7.10. The summed E-state index contributed by atoms with van der Waals surface area (Å²) < 4.78 is 16.0. The van der Waals surface area contributed by atoms with Crippen LogP contribution in [0.5, 0.6) is 11.5 Å². The molecule has 0 unspecified atom stereocenters. The molecule has 25 heavy (non-hydrogen) atoms. The average molecular weight is 477 g/mol. The molecule has 1 saturated heterocycles. The highest BCUT2D eigenvalue weighted by atomic mass is 127. The van der Waals surface area contributed by atoms with E-state index in [9.17, 15) is 14.4 Å². The summed E-state index contributed by atoms with van der Waals surface area (Å²) in [5.74, 6) is -0.0719. The van der Waals surface area contributed by atoms with Crippen molar-refractivity contribution in [3.8, 4) is 11.5 Å². The minimum absolute atomic E-state index is 0.226. The zero-order valence-electron chi connectivity index (χ0n) is 14.0. The van der Waals surface area contributed by atoms with Gasteiger partial charge in [-0.05, 0) is 65.0 Å². The van der Waals surface area contributed by atoms with E-state index in [1.807, 2.05) is 0 Å². The largest absolute Gasteiger partial charge is 0.493 e. The van der Waals surface area contributed by atoms with Gasteiger partial charge in [0.2, 0.25) is 0 Å². The monoisotopic (exact) mass is 477 g/mol. The van der Waals surface area contributed by atoms with Crippen LogP contribution in [0, 0.1) is 3.57 Å². The predicted molar refractivity (Wildman–Crippen MR) is 102 cm³/mol. The maximum Gasteiger partial charge on any atom is 0.328 e. The van der Waals surface area contributed by atoms with Gasteiger partial charge in [0.1, 0.15) is 6.04 Å². The first kappa shape index (κ1) is 19.6. The van der Waals surface area contributed by atoms with Crippen LogP contribution in [0.1, 0.15) is 12.5 Å². The molecule has 1 aliphatic rings. The Morgan fingerprint density at radius 1 is 1.24 bits per heavy atom. The number of carbonyl (C=O) groups is 3. The molecule has 7 nitrogen and oxygen atoms in total. The number of methoxy groups -OCH3 is 3. The van der Waals surface area contributed by atoms with E-state index in [4.69, 9.17) is 9.47 Å². The lowest BCUT2D eigenvalue weighted by atomic mass is 10.1. The molecule has 0 aromatic heterocycles. The second-order valence-electron chi connectivity index (χ2n) is 4.99. The number of nitrogens with zero attached hydrogens (tertiary/aromatic N) is 1. The van der Waals surface area contributed by atoms with Gasteiger partial charge in [0.05, 0.1) is 29.8 Å². The molecule has 9 heteroatoms. The molecule has 2 amide bonds. The zero-order chi connectivity index (χ0) is 18.7.